The van der Waals surface area contributed by atoms with E-state index in [1.54, 1.807) is 0 Å². The molecule has 0 spiro atoms. The molecule has 3 N–H and O–H groups in total. The molecule has 0 saturated carbocycles. The molecule has 144 valence electrons. The fraction of sp³-hybridized carbons (Fsp3) is 0.632. The van der Waals surface area contributed by atoms with Crippen LogP contribution in [-0.4, -0.2) is 37.4 Å². The third-order valence-electron chi connectivity index (χ3n) is 3.82. The molecule has 1 unspecified atom stereocenters. The first-order valence-corrected chi connectivity index (χ1v) is 9.08. The number of hydrogen-bond acceptors (Lipinski definition) is 3. The first-order chi connectivity index (χ1) is 11.7. The standard InChI is InChI=1S/C19H33N3O2.HI/c1-4-9-16(12-13-23)14-21-19(20-5-2)22-15-17-10-7-8-11-18(17)24-6-3;/h7-8,10-11,16,23H,4-6,9,12-15H2,1-3H3,(H2,20,21,22);1H. The summed E-state index contributed by atoms with van der Waals surface area (Å²) in [5.41, 5.74) is 1.08. The highest BCUT2D eigenvalue weighted by atomic mass is 127. The quantitative estimate of drug-likeness (QED) is 0.267. The number of hydrogen-bond donors (Lipinski definition) is 3. The smallest absolute Gasteiger partial charge is 0.191 e. The van der Waals surface area contributed by atoms with Crippen molar-refractivity contribution >= 4 is 29.9 Å². The second-order valence-corrected chi connectivity index (χ2v) is 5.78. The second kappa shape index (κ2) is 15.3. The molecule has 0 fully saturated rings. The van der Waals surface area contributed by atoms with Gasteiger partial charge in [-0.1, -0.05) is 31.5 Å². The SMILES string of the molecule is CCCC(CCO)CNC(=NCc1ccccc1OCC)NCC.I. The van der Waals surface area contributed by atoms with Gasteiger partial charge < -0.3 is 20.5 Å². The summed E-state index contributed by atoms with van der Waals surface area (Å²) in [6, 6.07) is 8.01. The Morgan fingerprint density at radius 2 is 1.92 bits per heavy atom. The molecule has 0 radical (unpaired) electrons. The monoisotopic (exact) mass is 463 g/mol. The molecule has 0 saturated heterocycles. The number of benzene rings is 1. The maximum Gasteiger partial charge on any atom is 0.191 e. The van der Waals surface area contributed by atoms with Crippen molar-refractivity contribution in [2.75, 3.05) is 26.3 Å². The van der Waals surface area contributed by atoms with Crippen LogP contribution in [0.15, 0.2) is 29.3 Å². The lowest BCUT2D eigenvalue weighted by atomic mass is 10.0. The molecule has 0 heterocycles. The van der Waals surface area contributed by atoms with E-state index >= 15 is 0 Å². The van der Waals surface area contributed by atoms with Crippen molar-refractivity contribution in [3.8, 4) is 5.75 Å². The molecule has 1 atom stereocenters. The number of guanidine groups is 1. The van der Waals surface area contributed by atoms with Crippen molar-refractivity contribution in [3.05, 3.63) is 29.8 Å². The van der Waals surface area contributed by atoms with Gasteiger partial charge in [-0.05, 0) is 38.7 Å². The predicted molar refractivity (Wildman–Crippen MR) is 116 cm³/mol. The molecule has 0 aliphatic carbocycles. The van der Waals surface area contributed by atoms with Gasteiger partial charge in [0.05, 0.1) is 13.2 Å². The molecule has 1 aromatic rings. The van der Waals surface area contributed by atoms with Crippen LogP contribution in [0.5, 0.6) is 5.75 Å². The van der Waals surface area contributed by atoms with Gasteiger partial charge in [0, 0.05) is 25.3 Å². The van der Waals surface area contributed by atoms with Crippen molar-refractivity contribution in [3.63, 3.8) is 0 Å². The first-order valence-electron chi connectivity index (χ1n) is 9.08. The van der Waals surface area contributed by atoms with E-state index in [4.69, 9.17) is 4.74 Å². The maximum absolute atomic E-state index is 9.18. The summed E-state index contributed by atoms with van der Waals surface area (Å²) in [5, 5.41) is 15.9. The molecule has 0 amide bonds. The average molecular weight is 463 g/mol. The Hall–Kier alpha value is -1.02. The van der Waals surface area contributed by atoms with Crippen LogP contribution in [0, 0.1) is 5.92 Å². The molecular formula is C19H34IN3O2. The van der Waals surface area contributed by atoms with Crippen molar-refractivity contribution in [2.45, 2.75) is 46.6 Å². The van der Waals surface area contributed by atoms with Crippen LogP contribution in [-0.2, 0) is 6.54 Å². The van der Waals surface area contributed by atoms with Gasteiger partial charge in [-0.25, -0.2) is 4.99 Å². The summed E-state index contributed by atoms with van der Waals surface area (Å²) in [5.74, 6) is 2.17. The molecule has 6 heteroatoms. The number of nitrogens with one attached hydrogen (secondary N) is 2. The second-order valence-electron chi connectivity index (χ2n) is 5.78. The van der Waals surface area contributed by atoms with Gasteiger partial charge in [0.15, 0.2) is 5.96 Å². The topological polar surface area (TPSA) is 65.9 Å². The molecule has 0 aromatic heterocycles. The Morgan fingerprint density at radius 1 is 1.16 bits per heavy atom. The van der Waals surface area contributed by atoms with Crippen LogP contribution in [0.25, 0.3) is 0 Å². The number of rotatable bonds is 11. The maximum atomic E-state index is 9.18. The minimum Gasteiger partial charge on any atom is -0.494 e. The summed E-state index contributed by atoms with van der Waals surface area (Å²) < 4.78 is 5.65. The minimum atomic E-state index is 0. The summed E-state index contributed by atoms with van der Waals surface area (Å²) >= 11 is 0. The lowest BCUT2D eigenvalue weighted by Gasteiger charge is -2.18. The summed E-state index contributed by atoms with van der Waals surface area (Å²) in [7, 11) is 0. The van der Waals surface area contributed by atoms with E-state index in [2.05, 4.69) is 29.5 Å². The number of para-hydroxylation sites is 1. The molecular weight excluding hydrogens is 429 g/mol. The molecule has 1 rings (SSSR count). The Labute approximate surface area is 169 Å². The largest absolute Gasteiger partial charge is 0.494 e. The highest BCUT2D eigenvalue weighted by Gasteiger charge is 2.08. The van der Waals surface area contributed by atoms with Crippen molar-refractivity contribution in [1.29, 1.82) is 0 Å². The molecule has 1 aromatic carbocycles. The van der Waals surface area contributed by atoms with Crippen LogP contribution in [0.2, 0.25) is 0 Å². The first kappa shape index (κ1) is 24.0. The lowest BCUT2D eigenvalue weighted by Crippen LogP contribution is -2.40. The van der Waals surface area contributed by atoms with Crippen LogP contribution in [0.3, 0.4) is 0 Å². The van der Waals surface area contributed by atoms with Crippen LogP contribution < -0.4 is 15.4 Å². The highest BCUT2D eigenvalue weighted by Crippen LogP contribution is 2.18. The van der Waals surface area contributed by atoms with Crippen LogP contribution in [0.4, 0.5) is 0 Å². The zero-order chi connectivity index (χ0) is 17.6. The Kier molecular flexibility index (Phi) is 14.6. The van der Waals surface area contributed by atoms with E-state index in [1.165, 1.54) is 0 Å². The molecule has 0 aliphatic rings. The number of aliphatic hydroxyl groups excluding tert-OH is 1. The summed E-state index contributed by atoms with van der Waals surface area (Å²) in [4.78, 5) is 4.67. The van der Waals surface area contributed by atoms with Gasteiger partial charge in [-0.2, -0.15) is 0 Å². The zero-order valence-corrected chi connectivity index (χ0v) is 18.1. The number of nitrogens with zero attached hydrogens (tertiary/aromatic N) is 1. The van der Waals surface area contributed by atoms with E-state index in [0.29, 0.717) is 19.1 Å². The molecule has 0 bridgehead atoms. The van der Waals surface area contributed by atoms with Crippen molar-refractivity contribution < 1.29 is 9.84 Å². The van der Waals surface area contributed by atoms with Crippen molar-refractivity contribution in [2.24, 2.45) is 10.9 Å². The molecule has 25 heavy (non-hydrogen) atoms. The van der Waals surface area contributed by atoms with E-state index in [0.717, 1.165) is 49.6 Å². The summed E-state index contributed by atoms with van der Waals surface area (Å²) in [6.45, 7) is 9.33. The normalized spacial score (nSPS) is 12.2. The number of ether oxygens (including phenoxy) is 1. The Bertz CT molecular complexity index is 477. The van der Waals surface area contributed by atoms with Gasteiger partial charge in [-0.15, -0.1) is 24.0 Å². The van der Waals surface area contributed by atoms with Gasteiger partial charge in [0.25, 0.3) is 0 Å². The predicted octanol–water partition coefficient (Wildman–Crippen LogP) is 3.56. The fourth-order valence-electron chi connectivity index (χ4n) is 2.62. The van der Waals surface area contributed by atoms with Gasteiger partial charge in [-0.3, -0.25) is 0 Å². The minimum absolute atomic E-state index is 0. The highest BCUT2D eigenvalue weighted by molar-refractivity contribution is 14.0. The van der Waals surface area contributed by atoms with E-state index in [9.17, 15) is 5.11 Å². The number of aliphatic hydroxyl groups is 1. The zero-order valence-electron chi connectivity index (χ0n) is 15.8. The van der Waals surface area contributed by atoms with E-state index < -0.39 is 0 Å². The van der Waals surface area contributed by atoms with Gasteiger partial charge >= 0.3 is 0 Å². The fourth-order valence-corrected chi connectivity index (χ4v) is 2.62. The van der Waals surface area contributed by atoms with Crippen LogP contribution >= 0.6 is 24.0 Å². The Balaban J connectivity index is 0.00000576. The Morgan fingerprint density at radius 3 is 2.56 bits per heavy atom. The average Bonchev–Trinajstić information content (AvgIpc) is 2.59. The summed E-state index contributed by atoms with van der Waals surface area (Å²) in [6.07, 6.45) is 3.06. The number of aliphatic imine (C=N–C) groups is 1. The third-order valence-corrected chi connectivity index (χ3v) is 3.82. The number of halogens is 1. The molecule has 5 nitrogen and oxygen atoms in total. The van der Waals surface area contributed by atoms with E-state index in [1.807, 2.05) is 31.2 Å². The molecule has 0 aliphatic heterocycles. The lowest BCUT2D eigenvalue weighted by molar-refractivity contribution is 0.251. The van der Waals surface area contributed by atoms with Gasteiger partial charge in [0.2, 0.25) is 0 Å². The third kappa shape index (κ3) is 9.89. The van der Waals surface area contributed by atoms with Crippen LogP contribution in [0.1, 0.15) is 45.6 Å². The van der Waals surface area contributed by atoms with Crippen molar-refractivity contribution in [1.82, 2.24) is 10.6 Å². The van der Waals surface area contributed by atoms with E-state index in [-0.39, 0.29) is 30.6 Å². The van der Waals surface area contributed by atoms with Gasteiger partial charge in [0.1, 0.15) is 5.75 Å².